The molecule has 1 aromatic heterocycles. The third-order valence-electron chi connectivity index (χ3n) is 4.75. The number of aryl methyl sites for hydroxylation is 2. The van der Waals surface area contributed by atoms with E-state index in [4.69, 9.17) is 0 Å². The molecule has 4 rings (SSSR count). The van der Waals surface area contributed by atoms with Crippen LogP contribution in [0.2, 0.25) is 0 Å². The fraction of sp³-hybridized carbons (Fsp3) is 0.412. The van der Waals surface area contributed by atoms with Crippen molar-refractivity contribution >= 4 is 15.8 Å². The van der Waals surface area contributed by atoms with Gasteiger partial charge in [-0.2, -0.15) is 9.40 Å². The quantitative estimate of drug-likeness (QED) is 0.844. The van der Waals surface area contributed by atoms with Crippen molar-refractivity contribution < 1.29 is 8.42 Å². The minimum Gasteiger partial charge on any atom is -0.352 e. The van der Waals surface area contributed by atoms with E-state index >= 15 is 0 Å². The first-order valence-corrected chi connectivity index (χ1v) is 9.74. The minimum atomic E-state index is -3.41. The highest BCUT2D eigenvalue weighted by molar-refractivity contribution is 7.89. The van der Waals surface area contributed by atoms with Crippen molar-refractivity contribution in [3.8, 4) is 0 Å². The van der Waals surface area contributed by atoms with E-state index in [1.54, 1.807) is 28.6 Å². The number of benzene rings is 1. The van der Waals surface area contributed by atoms with Gasteiger partial charge < -0.3 is 4.90 Å². The van der Waals surface area contributed by atoms with Crippen LogP contribution in [0.1, 0.15) is 17.7 Å². The van der Waals surface area contributed by atoms with Crippen molar-refractivity contribution in [3.63, 3.8) is 0 Å². The molecule has 0 radical (unpaired) electrons. The van der Waals surface area contributed by atoms with Gasteiger partial charge in [0, 0.05) is 26.2 Å². The normalized spacial score (nSPS) is 18.6. The predicted octanol–water partition coefficient (Wildman–Crippen LogP) is 1.48. The van der Waals surface area contributed by atoms with E-state index in [-0.39, 0.29) is 0 Å². The molecule has 0 atom stereocenters. The Balaban J connectivity index is 1.47. The van der Waals surface area contributed by atoms with E-state index in [2.05, 4.69) is 21.2 Å². The van der Waals surface area contributed by atoms with Crippen LogP contribution in [0, 0.1) is 0 Å². The number of piperazine rings is 1. The molecule has 6 nitrogen and oxygen atoms in total. The molecule has 1 aliphatic heterocycles. The number of sulfonamides is 1. The van der Waals surface area contributed by atoms with Gasteiger partial charge in [-0.25, -0.2) is 8.42 Å². The number of hydrogen-bond donors (Lipinski definition) is 0. The second-order valence-corrected chi connectivity index (χ2v) is 8.17. The zero-order valence-corrected chi connectivity index (χ0v) is 14.2. The van der Waals surface area contributed by atoms with Crippen LogP contribution in [-0.2, 0) is 22.9 Å². The summed E-state index contributed by atoms with van der Waals surface area (Å²) in [6.45, 7) is 2.21. The topological polar surface area (TPSA) is 66.4 Å². The van der Waals surface area contributed by atoms with Crippen LogP contribution < -0.4 is 4.90 Å². The summed E-state index contributed by atoms with van der Waals surface area (Å²) in [5.74, 6) is 0.868. The first-order chi connectivity index (χ1) is 11.6. The monoisotopic (exact) mass is 344 g/mol. The van der Waals surface area contributed by atoms with E-state index in [1.165, 1.54) is 5.56 Å². The van der Waals surface area contributed by atoms with Gasteiger partial charge in [0.1, 0.15) is 0 Å². The van der Waals surface area contributed by atoms with Crippen LogP contribution in [-0.4, -0.2) is 49.1 Å². The van der Waals surface area contributed by atoms with Crippen molar-refractivity contribution in [2.75, 3.05) is 31.1 Å². The van der Waals surface area contributed by atoms with Crippen LogP contribution in [0.4, 0.5) is 5.82 Å². The van der Waals surface area contributed by atoms with Crippen LogP contribution >= 0.6 is 0 Å². The van der Waals surface area contributed by atoms with E-state index in [9.17, 15) is 8.42 Å². The van der Waals surface area contributed by atoms with Crippen molar-refractivity contribution in [1.82, 2.24) is 14.5 Å². The molecule has 0 N–H and O–H groups in total. The van der Waals surface area contributed by atoms with Gasteiger partial charge in [0.2, 0.25) is 10.0 Å². The molecule has 1 aromatic carbocycles. The zero-order chi connectivity index (χ0) is 16.6. The van der Waals surface area contributed by atoms with Gasteiger partial charge in [-0.3, -0.25) is 0 Å². The van der Waals surface area contributed by atoms with Gasteiger partial charge in [-0.05, 0) is 43.0 Å². The van der Waals surface area contributed by atoms with Gasteiger partial charge in [-0.15, -0.1) is 5.10 Å². The number of nitrogens with zero attached hydrogens (tertiary/aromatic N) is 4. The average molecular weight is 344 g/mol. The minimum absolute atomic E-state index is 0.357. The number of aromatic nitrogens is 2. The molecule has 0 bridgehead atoms. The molecule has 0 saturated carbocycles. The fourth-order valence-electron chi connectivity index (χ4n) is 3.37. The lowest BCUT2D eigenvalue weighted by molar-refractivity contribution is 0.383. The number of fused-ring (bicyclic) bond motifs is 1. The lowest BCUT2D eigenvalue weighted by Gasteiger charge is -2.34. The fourth-order valence-corrected chi connectivity index (χ4v) is 4.81. The Morgan fingerprint density at radius 1 is 0.917 bits per heavy atom. The van der Waals surface area contributed by atoms with Crippen LogP contribution in [0.3, 0.4) is 0 Å². The average Bonchev–Trinajstić information content (AvgIpc) is 3.10. The molecule has 1 saturated heterocycles. The summed E-state index contributed by atoms with van der Waals surface area (Å²) in [6.07, 6.45) is 3.24. The Hall–Kier alpha value is -1.99. The van der Waals surface area contributed by atoms with Gasteiger partial charge >= 0.3 is 0 Å². The molecule has 2 aromatic rings. The molecule has 0 spiro atoms. The van der Waals surface area contributed by atoms with Crippen molar-refractivity contribution in [2.24, 2.45) is 0 Å². The maximum atomic E-state index is 12.7. The number of rotatable bonds is 3. The molecular formula is C17H20N4O2S. The summed E-state index contributed by atoms with van der Waals surface area (Å²) in [5.41, 5.74) is 2.41. The maximum absolute atomic E-state index is 12.7. The van der Waals surface area contributed by atoms with Gasteiger partial charge in [0.15, 0.2) is 5.82 Å². The molecule has 7 heteroatoms. The predicted molar refractivity (Wildman–Crippen MR) is 91.5 cm³/mol. The molecule has 126 valence electrons. The summed E-state index contributed by atoms with van der Waals surface area (Å²) < 4.78 is 26.9. The highest BCUT2D eigenvalue weighted by atomic mass is 32.2. The summed E-state index contributed by atoms with van der Waals surface area (Å²) >= 11 is 0. The third kappa shape index (κ3) is 2.78. The lowest BCUT2D eigenvalue weighted by Crippen LogP contribution is -2.49. The smallest absolute Gasteiger partial charge is 0.243 e. The number of hydrogen-bond acceptors (Lipinski definition) is 5. The second kappa shape index (κ2) is 6.14. The Kier molecular flexibility index (Phi) is 3.97. The van der Waals surface area contributed by atoms with E-state index in [0.29, 0.717) is 31.1 Å². The standard InChI is InChI=1S/C17H20N4O2S/c22-24(23,15-6-2-1-3-7-15)21-11-9-20(10-12-21)17-13-14-5-4-8-16(14)18-19-17/h1-3,6-7,13H,4-5,8-12H2. The third-order valence-corrected chi connectivity index (χ3v) is 6.66. The summed E-state index contributed by atoms with van der Waals surface area (Å²) in [5, 5.41) is 8.65. The Morgan fingerprint density at radius 2 is 1.67 bits per heavy atom. The largest absolute Gasteiger partial charge is 0.352 e. The summed E-state index contributed by atoms with van der Waals surface area (Å²) in [7, 11) is -3.41. The van der Waals surface area contributed by atoms with Crippen molar-refractivity contribution in [1.29, 1.82) is 0 Å². The van der Waals surface area contributed by atoms with Crippen molar-refractivity contribution in [3.05, 3.63) is 47.7 Å². The van der Waals surface area contributed by atoms with Crippen LogP contribution in [0.15, 0.2) is 41.3 Å². The SMILES string of the molecule is O=S(=O)(c1ccccc1)N1CCN(c2cc3c(nn2)CCC3)CC1. The lowest BCUT2D eigenvalue weighted by atomic mass is 10.2. The first-order valence-electron chi connectivity index (χ1n) is 8.30. The molecule has 1 fully saturated rings. The molecule has 2 aliphatic rings. The Morgan fingerprint density at radius 3 is 2.42 bits per heavy atom. The first kappa shape index (κ1) is 15.5. The summed E-state index contributed by atoms with van der Waals surface area (Å²) in [6, 6.07) is 10.7. The highest BCUT2D eigenvalue weighted by Crippen LogP contribution is 2.24. The van der Waals surface area contributed by atoms with Gasteiger partial charge in [0.05, 0.1) is 10.6 Å². The number of anilines is 1. The molecule has 0 unspecified atom stereocenters. The maximum Gasteiger partial charge on any atom is 0.243 e. The molecule has 0 amide bonds. The van der Waals surface area contributed by atoms with Crippen molar-refractivity contribution in [2.45, 2.75) is 24.2 Å². The Bertz CT molecular complexity index is 831. The van der Waals surface area contributed by atoms with E-state index in [0.717, 1.165) is 30.8 Å². The van der Waals surface area contributed by atoms with Gasteiger partial charge in [0.25, 0.3) is 0 Å². The second-order valence-electron chi connectivity index (χ2n) is 6.23. The Labute approximate surface area is 142 Å². The summed E-state index contributed by atoms with van der Waals surface area (Å²) in [4.78, 5) is 2.48. The highest BCUT2D eigenvalue weighted by Gasteiger charge is 2.29. The molecule has 1 aliphatic carbocycles. The van der Waals surface area contributed by atoms with Gasteiger partial charge in [-0.1, -0.05) is 18.2 Å². The molecule has 24 heavy (non-hydrogen) atoms. The molecule has 2 heterocycles. The van der Waals surface area contributed by atoms with Crippen LogP contribution in [0.25, 0.3) is 0 Å². The zero-order valence-electron chi connectivity index (χ0n) is 13.4. The molecular weight excluding hydrogens is 324 g/mol. The van der Waals surface area contributed by atoms with Crippen LogP contribution in [0.5, 0.6) is 0 Å². The van der Waals surface area contributed by atoms with E-state index in [1.807, 2.05) is 6.07 Å². The van der Waals surface area contributed by atoms with E-state index < -0.39 is 10.0 Å².